The third-order valence-electron chi connectivity index (χ3n) is 3.60. The van der Waals surface area contributed by atoms with Crippen molar-refractivity contribution < 1.29 is 9.47 Å². The molecule has 0 aliphatic carbocycles. The first-order chi connectivity index (χ1) is 11.0. The summed E-state index contributed by atoms with van der Waals surface area (Å²) in [7, 11) is 1.71. The zero-order valence-electron chi connectivity index (χ0n) is 14.8. The summed E-state index contributed by atoms with van der Waals surface area (Å²) in [5, 5.41) is 1.13. The van der Waals surface area contributed by atoms with E-state index in [0.29, 0.717) is 12.5 Å². The van der Waals surface area contributed by atoms with Crippen molar-refractivity contribution in [2.75, 3.05) is 20.3 Å². The summed E-state index contributed by atoms with van der Waals surface area (Å²) in [4.78, 5) is 6.13. The van der Waals surface area contributed by atoms with Crippen LogP contribution in [0.2, 0.25) is 0 Å². The van der Waals surface area contributed by atoms with E-state index in [0.717, 1.165) is 41.5 Å². The number of rotatable bonds is 8. The summed E-state index contributed by atoms with van der Waals surface area (Å²) in [5.41, 5.74) is 3.48. The number of aromatic nitrogens is 1. The van der Waals surface area contributed by atoms with Gasteiger partial charge in [0.15, 0.2) is 0 Å². The molecule has 0 amide bonds. The van der Waals surface area contributed by atoms with E-state index in [-0.39, 0.29) is 0 Å². The van der Waals surface area contributed by atoms with Crippen LogP contribution in [-0.4, -0.2) is 25.3 Å². The molecule has 0 aliphatic heterocycles. The molecule has 1 heterocycles. The highest BCUT2D eigenvalue weighted by molar-refractivity contribution is 7.12. The summed E-state index contributed by atoms with van der Waals surface area (Å²) in [5.74, 6) is 1.58. The molecule has 0 fully saturated rings. The van der Waals surface area contributed by atoms with Crippen molar-refractivity contribution in [2.45, 2.75) is 40.5 Å². The first kappa shape index (κ1) is 18.0. The fourth-order valence-corrected chi connectivity index (χ4v) is 3.72. The highest BCUT2D eigenvalue weighted by Crippen LogP contribution is 2.32. The monoisotopic (exact) mass is 333 g/mol. The number of nitrogens with zero attached hydrogens (tertiary/aromatic N) is 1. The highest BCUT2D eigenvalue weighted by Gasteiger charge is 2.13. The van der Waals surface area contributed by atoms with E-state index in [4.69, 9.17) is 14.5 Å². The Morgan fingerprint density at radius 1 is 1.17 bits per heavy atom. The predicted octanol–water partition coefficient (Wildman–Crippen LogP) is 5.04. The van der Waals surface area contributed by atoms with Gasteiger partial charge in [0, 0.05) is 30.6 Å². The summed E-state index contributed by atoms with van der Waals surface area (Å²) >= 11 is 1.81. The fraction of sp³-hybridized carbons (Fsp3) is 0.526. The second-order valence-electron chi connectivity index (χ2n) is 6.28. The first-order valence-electron chi connectivity index (χ1n) is 8.20. The van der Waals surface area contributed by atoms with E-state index in [1.54, 1.807) is 7.11 Å². The van der Waals surface area contributed by atoms with Gasteiger partial charge in [0.2, 0.25) is 0 Å². The molecule has 4 heteroatoms. The molecule has 2 aromatic rings. The van der Waals surface area contributed by atoms with Crippen LogP contribution in [0, 0.1) is 19.8 Å². The van der Waals surface area contributed by atoms with Gasteiger partial charge < -0.3 is 9.47 Å². The SMILES string of the molecule is COCCCOc1ccc(-c2nc(C)sc2CC(C)C)cc1C. The molecule has 0 aliphatic rings. The Hall–Kier alpha value is -1.39. The quantitative estimate of drug-likeness (QED) is 0.634. The second kappa shape index (κ2) is 8.46. The summed E-state index contributed by atoms with van der Waals surface area (Å²) < 4.78 is 10.9. The van der Waals surface area contributed by atoms with E-state index in [9.17, 15) is 0 Å². The van der Waals surface area contributed by atoms with Crippen molar-refractivity contribution in [2.24, 2.45) is 5.92 Å². The molecule has 0 saturated carbocycles. The van der Waals surface area contributed by atoms with Crippen molar-refractivity contribution in [1.29, 1.82) is 0 Å². The van der Waals surface area contributed by atoms with Crippen molar-refractivity contribution in [3.8, 4) is 17.0 Å². The second-order valence-corrected chi connectivity index (χ2v) is 7.57. The van der Waals surface area contributed by atoms with E-state index < -0.39 is 0 Å². The standard InChI is InChI=1S/C19H27NO2S/c1-13(2)11-18-19(20-15(4)23-18)16-7-8-17(14(3)12-16)22-10-6-9-21-5/h7-8,12-13H,6,9-11H2,1-5H3. The van der Waals surface area contributed by atoms with Gasteiger partial charge in [-0.15, -0.1) is 11.3 Å². The van der Waals surface area contributed by atoms with Gasteiger partial charge in [-0.1, -0.05) is 13.8 Å². The molecule has 3 nitrogen and oxygen atoms in total. The lowest BCUT2D eigenvalue weighted by molar-refractivity contribution is 0.172. The Morgan fingerprint density at radius 3 is 2.61 bits per heavy atom. The molecular formula is C19H27NO2S. The lowest BCUT2D eigenvalue weighted by atomic mass is 10.0. The number of methoxy groups -OCH3 is 1. The van der Waals surface area contributed by atoms with Crippen LogP contribution in [0.5, 0.6) is 5.75 Å². The minimum absolute atomic E-state index is 0.637. The van der Waals surface area contributed by atoms with E-state index in [1.165, 1.54) is 10.4 Å². The maximum atomic E-state index is 5.83. The summed E-state index contributed by atoms with van der Waals surface area (Å²) in [6.45, 7) is 10.1. The summed E-state index contributed by atoms with van der Waals surface area (Å²) in [6.07, 6.45) is 1.98. The topological polar surface area (TPSA) is 31.4 Å². The molecular weight excluding hydrogens is 306 g/mol. The van der Waals surface area contributed by atoms with Crippen molar-refractivity contribution in [3.63, 3.8) is 0 Å². The minimum Gasteiger partial charge on any atom is -0.493 e. The van der Waals surface area contributed by atoms with Crippen LogP contribution in [-0.2, 0) is 11.2 Å². The van der Waals surface area contributed by atoms with Gasteiger partial charge in [0.05, 0.1) is 17.3 Å². The van der Waals surface area contributed by atoms with Gasteiger partial charge in [-0.3, -0.25) is 0 Å². The molecule has 126 valence electrons. The number of ether oxygens (including phenoxy) is 2. The van der Waals surface area contributed by atoms with Crippen LogP contribution in [0.3, 0.4) is 0 Å². The number of hydrogen-bond acceptors (Lipinski definition) is 4. The van der Waals surface area contributed by atoms with Crippen LogP contribution in [0.4, 0.5) is 0 Å². The average molecular weight is 333 g/mol. The Balaban J connectivity index is 2.17. The van der Waals surface area contributed by atoms with Gasteiger partial charge in [0.1, 0.15) is 5.75 Å². The molecule has 1 aromatic carbocycles. The van der Waals surface area contributed by atoms with Crippen molar-refractivity contribution in [3.05, 3.63) is 33.6 Å². The maximum Gasteiger partial charge on any atom is 0.122 e. The minimum atomic E-state index is 0.637. The summed E-state index contributed by atoms with van der Waals surface area (Å²) in [6, 6.07) is 6.37. The lowest BCUT2D eigenvalue weighted by Gasteiger charge is -2.11. The molecule has 0 bridgehead atoms. The van der Waals surface area contributed by atoms with E-state index in [2.05, 4.69) is 45.9 Å². The van der Waals surface area contributed by atoms with Gasteiger partial charge >= 0.3 is 0 Å². The lowest BCUT2D eigenvalue weighted by Crippen LogP contribution is -2.02. The van der Waals surface area contributed by atoms with Crippen molar-refractivity contribution >= 4 is 11.3 Å². The van der Waals surface area contributed by atoms with Crippen LogP contribution >= 0.6 is 11.3 Å². The molecule has 0 N–H and O–H groups in total. The number of hydrogen-bond donors (Lipinski definition) is 0. The third-order valence-corrected chi connectivity index (χ3v) is 4.59. The van der Waals surface area contributed by atoms with Gasteiger partial charge in [-0.05, 0) is 49.9 Å². The third kappa shape index (κ3) is 5.05. The zero-order valence-corrected chi connectivity index (χ0v) is 15.6. The van der Waals surface area contributed by atoms with E-state index >= 15 is 0 Å². The van der Waals surface area contributed by atoms with Crippen LogP contribution in [0.25, 0.3) is 11.3 Å². The Kier molecular flexibility index (Phi) is 6.60. The van der Waals surface area contributed by atoms with Crippen molar-refractivity contribution in [1.82, 2.24) is 4.98 Å². The average Bonchev–Trinajstić information content (AvgIpc) is 2.84. The Bertz CT molecular complexity index is 634. The zero-order chi connectivity index (χ0) is 16.8. The Morgan fingerprint density at radius 2 is 1.96 bits per heavy atom. The molecule has 0 unspecified atom stereocenters. The largest absolute Gasteiger partial charge is 0.493 e. The normalized spacial score (nSPS) is 11.2. The predicted molar refractivity (Wildman–Crippen MR) is 97.6 cm³/mol. The van der Waals surface area contributed by atoms with Gasteiger partial charge in [0.25, 0.3) is 0 Å². The van der Waals surface area contributed by atoms with Crippen LogP contribution in [0.15, 0.2) is 18.2 Å². The molecule has 0 radical (unpaired) electrons. The highest BCUT2D eigenvalue weighted by atomic mass is 32.1. The Labute approximate surface area is 143 Å². The molecule has 0 spiro atoms. The van der Waals surface area contributed by atoms with E-state index in [1.807, 2.05) is 11.3 Å². The molecule has 1 aromatic heterocycles. The molecule has 0 atom stereocenters. The molecule has 0 saturated heterocycles. The van der Waals surface area contributed by atoms with Gasteiger partial charge in [-0.25, -0.2) is 4.98 Å². The number of benzene rings is 1. The fourth-order valence-electron chi connectivity index (χ4n) is 2.55. The molecule has 2 rings (SSSR count). The maximum absolute atomic E-state index is 5.83. The van der Waals surface area contributed by atoms with Crippen LogP contribution in [0.1, 0.15) is 35.7 Å². The smallest absolute Gasteiger partial charge is 0.122 e. The first-order valence-corrected chi connectivity index (χ1v) is 9.02. The number of thiazole rings is 1. The molecule has 23 heavy (non-hydrogen) atoms. The van der Waals surface area contributed by atoms with Crippen LogP contribution < -0.4 is 4.74 Å². The number of aryl methyl sites for hydroxylation is 2. The van der Waals surface area contributed by atoms with Gasteiger partial charge in [-0.2, -0.15) is 0 Å².